The van der Waals surface area contributed by atoms with Crippen LogP contribution < -0.4 is 10.6 Å². The summed E-state index contributed by atoms with van der Waals surface area (Å²) in [6.45, 7) is 0.550. The maximum absolute atomic E-state index is 13.5. The number of halogens is 1. The van der Waals surface area contributed by atoms with E-state index in [-0.39, 0.29) is 17.8 Å². The lowest BCUT2D eigenvalue weighted by molar-refractivity contribution is 0.100. The molecule has 2 N–H and O–H groups in total. The summed E-state index contributed by atoms with van der Waals surface area (Å²) >= 11 is 0. The summed E-state index contributed by atoms with van der Waals surface area (Å²) in [5, 5.41) is 9.39. The third kappa shape index (κ3) is 3.06. The number of pyridine rings is 1. The molecule has 3 rings (SSSR count). The highest BCUT2D eigenvalue weighted by Gasteiger charge is 2.31. The zero-order chi connectivity index (χ0) is 15.5. The molecule has 0 radical (unpaired) electrons. The van der Waals surface area contributed by atoms with Crippen LogP contribution in [-0.4, -0.2) is 33.4 Å². The minimum Gasteiger partial charge on any atom is -0.371 e. The van der Waals surface area contributed by atoms with Crippen LogP contribution in [0.25, 0.3) is 0 Å². The summed E-state index contributed by atoms with van der Waals surface area (Å²) in [5.41, 5.74) is 0.990. The predicted octanol–water partition coefficient (Wildman–Crippen LogP) is 1.61. The largest absolute Gasteiger partial charge is 0.371 e. The second-order valence-electron chi connectivity index (χ2n) is 5.09. The van der Waals surface area contributed by atoms with Crippen molar-refractivity contribution in [1.29, 1.82) is 0 Å². The number of aromatic nitrogens is 3. The molecule has 2 aromatic heterocycles. The molecule has 8 heteroatoms. The molecule has 0 spiro atoms. The summed E-state index contributed by atoms with van der Waals surface area (Å²) in [6.07, 6.45) is 6.46. The summed E-state index contributed by atoms with van der Waals surface area (Å²) in [4.78, 5) is 15.7. The van der Waals surface area contributed by atoms with Gasteiger partial charge >= 0.3 is 6.03 Å². The number of ether oxygens (including phenoxy) is 1. The minimum atomic E-state index is -0.580. The van der Waals surface area contributed by atoms with Gasteiger partial charge in [0.05, 0.1) is 24.1 Å². The molecule has 7 nitrogen and oxygen atoms in total. The van der Waals surface area contributed by atoms with Gasteiger partial charge in [-0.1, -0.05) is 0 Å². The van der Waals surface area contributed by atoms with E-state index in [1.165, 1.54) is 12.3 Å². The first-order chi connectivity index (χ1) is 10.6. The first-order valence-electron chi connectivity index (χ1n) is 6.90. The second kappa shape index (κ2) is 6.10. The number of rotatable bonds is 3. The van der Waals surface area contributed by atoms with Gasteiger partial charge in [0.15, 0.2) is 5.82 Å². The van der Waals surface area contributed by atoms with Crippen molar-refractivity contribution in [2.45, 2.75) is 18.6 Å². The van der Waals surface area contributed by atoms with E-state index in [1.54, 1.807) is 10.9 Å². The van der Waals surface area contributed by atoms with E-state index >= 15 is 0 Å². The van der Waals surface area contributed by atoms with E-state index in [1.807, 2.05) is 13.2 Å². The first kappa shape index (κ1) is 14.5. The molecule has 0 unspecified atom stereocenters. The molecule has 1 saturated heterocycles. The SMILES string of the molecule is Cn1cc([C@H]2OCC[C@@H]2NC(=O)Nc2ccncc2F)cn1. The molecule has 2 aromatic rings. The van der Waals surface area contributed by atoms with Crippen LogP contribution in [0.2, 0.25) is 0 Å². The van der Waals surface area contributed by atoms with Crippen molar-refractivity contribution in [2.75, 3.05) is 11.9 Å². The molecular formula is C14H16FN5O2. The van der Waals surface area contributed by atoms with Gasteiger partial charge in [0, 0.05) is 31.6 Å². The molecule has 22 heavy (non-hydrogen) atoms. The Kier molecular flexibility index (Phi) is 4.01. The lowest BCUT2D eigenvalue weighted by Gasteiger charge is -2.19. The van der Waals surface area contributed by atoms with Crippen LogP contribution in [0.3, 0.4) is 0 Å². The Morgan fingerprint density at radius 2 is 2.36 bits per heavy atom. The quantitative estimate of drug-likeness (QED) is 0.902. The van der Waals surface area contributed by atoms with Crippen molar-refractivity contribution in [3.05, 3.63) is 42.2 Å². The standard InChI is InChI=1S/C14H16FN5O2/c1-20-8-9(6-17-20)13-12(3-5-22-13)19-14(21)18-11-2-4-16-7-10(11)15/h2,4,6-8,12-13H,3,5H2,1H3,(H2,16,18,19,21)/t12-,13+/m0/s1. The molecule has 2 atom stereocenters. The Hall–Kier alpha value is -2.48. The fourth-order valence-electron chi connectivity index (χ4n) is 2.46. The van der Waals surface area contributed by atoms with Gasteiger partial charge in [-0.2, -0.15) is 5.10 Å². The number of anilines is 1. The summed E-state index contributed by atoms with van der Waals surface area (Å²) in [5.74, 6) is -0.580. The van der Waals surface area contributed by atoms with Gasteiger partial charge in [-0.15, -0.1) is 0 Å². The number of aryl methyl sites for hydroxylation is 1. The lowest BCUT2D eigenvalue weighted by atomic mass is 10.1. The Morgan fingerprint density at radius 1 is 1.50 bits per heavy atom. The second-order valence-corrected chi connectivity index (χ2v) is 5.09. The average Bonchev–Trinajstić information content (AvgIpc) is 3.10. The normalized spacial score (nSPS) is 20.8. The van der Waals surface area contributed by atoms with Crippen molar-refractivity contribution < 1.29 is 13.9 Å². The first-order valence-corrected chi connectivity index (χ1v) is 6.90. The smallest absolute Gasteiger partial charge is 0.319 e. The molecule has 116 valence electrons. The molecule has 1 aliphatic rings. The summed E-state index contributed by atoms with van der Waals surface area (Å²) in [6, 6.07) is 0.738. The van der Waals surface area contributed by atoms with Crippen LogP contribution in [0.15, 0.2) is 30.9 Å². The molecule has 0 aliphatic carbocycles. The number of hydrogen-bond donors (Lipinski definition) is 2. The molecule has 0 aromatic carbocycles. The Balaban J connectivity index is 1.64. The van der Waals surface area contributed by atoms with Crippen LogP contribution in [0, 0.1) is 5.82 Å². The van der Waals surface area contributed by atoms with E-state index in [0.29, 0.717) is 13.0 Å². The third-order valence-corrected chi connectivity index (χ3v) is 3.48. The monoisotopic (exact) mass is 305 g/mol. The third-order valence-electron chi connectivity index (χ3n) is 3.48. The summed E-state index contributed by atoms with van der Waals surface area (Å²) in [7, 11) is 1.82. The number of hydrogen-bond acceptors (Lipinski definition) is 4. The Labute approximate surface area is 126 Å². The highest BCUT2D eigenvalue weighted by atomic mass is 19.1. The molecular weight excluding hydrogens is 289 g/mol. The van der Waals surface area contributed by atoms with Crippen molar-refractivity contribution in [3.63, 3.8) is 0 Å². The molecule has 3 heterocycles. The van der Waals surface area contributed by atoms with Gasteiger partial charge < -0.3 is 15.4 Å². The molecule has 1 aliphatic heterocycles. The van der Waals surface area contributed by atoms with E-state index in [4.69, 9.17) is 4.74 Å². The van der Waals surface area contributed by atoms with Crippen LogP contribution in [0.4, 0.5) is 14.9 Å². The van der Waals surface area contributed by atoms with E-state index < -0.39 is 11.8 Å². The average molecular weight is 305 g/mol. The highest BCUT2D eigenvalue weighted by molar-refractivity contribution is 5.89. The van der Waals surface area contributed by atoms with Gasteiger partial charge in [0.25, 0.3) is 0 Å². The molecule has 0 bridgehead atoms. The Bertz CT molecular complexity index is 675. The topological polar surface area (TPSA) is 81.1 Å². The van der Waals surface area contributed by atoms with Crippen LogP contribution in [-0.2, 0) is 11.8 Å². The van der Waals surface area contributed by atoms with Crippen LogP contribution in [0.5, 0.6) is 0 Å². The van der Waals surface area contributed by atoms with Gasteiger partial charge in [0.2, 0.25) is 0 Å². The number of carbonyl (C=O) groups is 1. The van der Waals surface area contributed by atoms with Crippen LogP contribution >= 0.6 is 0 Å². The summed E-state index contributed by atoms with van der Waals surface area (Å²) < 4.78 is 20.8. The maximum atomic E-state index is 13.5. The predicted molar refractivity (Wildman–Crippen MR) is 76.7 cm³/mol. The van der Waals surface area contributed by atoms with Crippen LogP contribution in [0.1, 0.15) is 18.1 Å². The zero-order valence-electron chi connectivity index (χ0n) is 12.0. The zero-order valence-corrected chi connectivity index (χ0v) is 12.0. The van der Waals surface area contributed by atoms with Gasteiger partial charge in [0.1, 0.15) is 6.10 Å². The lowest BCUT2D eigenvalue weighted by Crippen LogP contribution is -2.39. The number of nitrogens with one attached hydrogen (secondary N) is 2. The maximum Gasteiger partial charge on any atom is 0.319 e. The van der Waals surface area contributed by atoms with Crippen molar-refractivity contribution in [2.24, 2.45) is 7.05 Å². The van der Waals surface area contributed by atoms with Gasteiger partial charge in [-0.25, -0.2) is 9.18 Å². The van der Waals surface area contributed by atoms with Crippen molar-refractivity contribution in [1.82, 2.24) is 20.1 Å². The van der Waals surface area contributed by atoms with E-state index in [0.717, 1.165) is 11.8 Å². The number of carbonyl (C=O) groups excluding carboxylic acids is 1. The minimum absolute atomic E-state index is 0.0874. The van der Waals surface area contributed by atoms with E-state index in [9.17, 15) is 9.18 Å². The van der Waals surface area contributed by atoms with Crippen molar-refractivity contribution in [3.8, 4) is 0 Å². The number of amides is 2. The molecule has 2 amide bonds. The molecule has 1 fully saturated rings. The fraction of sp³-hybridized carbons (Fsp3) is 0.357. The number of nitrogens with zero attached hydrogens (tertiary/aromatic N) is 3. The number of urea groups is 1. The highest BCUT2D eigenvalue weighted by Crippen LogP contribution is 2.28. The molecule has 0 saturated carbocycles. The van der Waals surface area contributed by atoms with Gasteiger partial charge in [-0.3, -0.25) is 9.67 Å². The Morgan fingerprint density at radius 3 is 3.09 bits per heavy atom. The van der Waals surface area contributed by atoms with Gasteiger partial charge in [-0.05, 0) is 12.5 Å². The van der Waals surface area contributed by atoms with E-state index in [2.05, 4.69) is 20.7 Å². The fourth-order valence-corrected chi connectivity index (χ4v) is 2.46. The van der Waals surface area contributed by atoms with Crippen molar-refractivity contribution >= 4 is 11.7 Å².